The van der Waals surface area contributed by atoms with Crippen molar-refractivity contribution in [2.75, 3.05) is 14.1 Å². The van der Waals surface area contributed by atoms with Crippen LogP contribution in [0.3, 0.4) is 0 Å². The number of hydrogen-bond acceptors (Lipinski definition) is 2. The van der Waals surface area contributed by atoms with E-state index in [0.717, 1.165) is 12.2 Å². The lowest BCUT2D eigenvalue weighted by atomic mass is 9.86. The van der Waals surface area contributed by atoms with E-state index in [-0.39, 0.29) is 5.41 Å². The largest absolute Gasteiger partial charge is 0.306 e. The molecule has 0 N–H and O–H groups in total. The fraction of sp³-hybridized carbons (Fsp3) is 0.471. The second kappa shape index (κ2) is 5.41. The molecule has 1 aromatic heterocycles. The van der Waals surface area contributed by atoms with Gasteiger partial charge in [-0.1, -0.05) is 26.8 Å². The molecule has 0 unspecified atom stereocenters. The molecule has 0 fully saturated rings. The normalized spacial score (nSPS) is 12.2. The average Bonchev–Trinajstić information content (AvgIpc) is 2.74. The Morgan fingerprint density at radius 3 is 2.45 bits per heavy atom. The van der Waals surface area contributed by atoms with E-state index in [1.54, 1.807) is 0 Å². The molecule has 1 heterocycles. The summed E-state index contributed by atoms with van der Waals surface area (Å²) < 4.78 is 2.11. The maximum atomic E-state index is 4.48. The van der Waals surface area contributed by atoms with E-state index in [1.165, 1.54) is 16.8 Å². The van der Waals surface area contributed by atoms with Gasteiger partial charge in [0.05, 0.1) is 12.0 Å². The Morgan fingerprint density at radius 2 is 1.85 bits per heavy atom. The van der Waals surface area contributed by atoms with Crippen LogP contribution in [0.4, 0.5) is 0 Å². The fourth-order valence-corrected chi connectivity index (χ4v) is 2.26. The van der Waals surface area contributed by atoms with Crippen LogP contribution < -0.4 is 0 Å². The monoisotopic (exact) mass is 271 g/mol. The summed E-state index contributed by atoms with van der Waals surface area (Å²) in [6.07, 6.45) is 4.02. The molecular formula is C17H25N3. The van der Waals surface area contributed by atoms with Crippen molar-refractivity contribution >= 4 is 0 Å². The molecule has 0 saturated carbocycles. The Balaban J connectivity index is 2.37. The quantitative estimate of drug-likeness (QED) is 0.851. The molecule has 0 spiro atoms. The molecule has 1 aromatic carbocycles. The molecule has 0 amide bonds. The Kier molecular flexibility index (Phi) is 4.00. The van der Waals surface area contributed by atoms with Crippen LogP contribution in [0, 0.1) is 6.92 Å². The van der Waals surface area contributed by atoms with Crippen LogP contribution in [0.15, 0.2) is 30.7 Å². The van der Waals surface area contributed by atoms with Gasteiger partial charge in [-0.05, 0) is 49.7 Å². The smallest absolute Gasteiger partial charge is 0.0995 e. The molecule has 2 aromatic rings. The SMILES string of the molecule is Cc1cc(-n2cnc(CN(C)C)c2)cc(C(C)(C)C)c1. The molecule has 20 heavy (non-hydrogen) atoms. The van der Waals surface area contributed by atoms with Crippen molar-refractivity contribution in [2.24, 2.45) is 0 Å². The molecule has 0 aliphatic heterocycles. The topological polar surface area (TPSA) is 21.1 Å². The van der Waals surface area contributed by atoms with Crippen LogP contribution >= 0.6 is 0 Å². The van der Waals surface area contributed by atoms with Gasteiger partial charge in [0, 0.05) is 18.4 Å². The first kappa shape index (κ1) is 14.8. The van der Waals surface area contributed by atoms with Crippen LogP contribution in [0.1, 0.15) is 37.6 Å². The Morgan fingerprint density at radius 1 is 1.15 bits per heavy atom. The van der Waals surface area contributed by atoms with Crippen molar-refractivity contribution in [3.8, 4) is 5.69 Å². The van der Waals surface area contributed by atoms with Crippen molar-refractivity contribution < 1.29 is 0 Å². The molecule has 0 bridgehead atoms. The molecule has 3 nitrogen and oxygen atoms in total. The van der Waals surface area contributed by atoms with Crippen LogP contribution in [-0.4, -0.2) is 28.5 Å². The van der Waals surface area contributed by atoms with Gasteiger partial charge in [0.1, 0.15) is 0 Å². The number of aryl methyl sites for hydroxylation is 1. The number of benzene rings is 1. The number of aromatic nitrogens is 2. The summed E-state index contributed by atoms with van der Waals surface area (Å²) >= 11 is 0. The molecule has 2 rings (SSSR count). The second-order valence-electron chi connectivity index (χ2n) is 6.82. The number of hydrogen-bond donors (Lipinski definition) is 0. The Hall–Kier alpha value is -1.61. The summed E-state index contributed by atoms with van der Waals surface area (Å²) in [4.78, 5) is 6.60. The van der Waals surface area contributed by atoms with Crippen molar-refractivity contribution in [3.05, 3.63) is 47.5 Å². The van der Waals surface area contributed by atoms with E-state index in [1.807, 2.05) is 6.33 Å². The van der Waals surface area contributed by atoms with E-state index in [4.69, 9.17) is 0 Å². The lowest BCUT2D eigenvalue weighted by molar-refractivity contribution is 0.397. The van der Waals surface area contributed by atoms with Crippen molar-refractivity contribution in [1.29, 1.82) is 0 Å². The van der Waals surface area contributed by atoms with E-state index in [0.29, 0.717) is 0 Å². The van der Waals surface area contributed by atoms with Crippen LogP contribution in [0.2, 0.25) is 0 Å². The van der Waals surface area contributed by atoms with Gasteiger partial charge in [-0.25, -0.2) is 4.98 Å². The molecule has 0 radical (unpaired) electrons. The highest BCUT2D eigenvalue weighted by Crippen LogP contribution is 2.26. The zero-order valence-corrected chi connectivity index (χ0v) is 13.4. The van der Waals surface area contributed by atoms with Gasteiger partial charge in [-0.15, -0.1) is 0 Å². The minimum absolute atomic E-state index is 0.161. The summed E-state index contributed by atoms with van der Waals surface area (Å²) in [5.74, 6) is 0. The van der Waals surface area contributed by atoms with Gasteiger partial charge in [0.25, 0.3) is 0 Å². The maximum absolute atomic E-state index is 4.48. The standard InChI is InChI=1S/C17H25N3/c1-13-7-14(17(2,3)4)9-16(8-13)20-11-15(18-12-20)10-19(5)6/h7-9,11-12H,10H2,1-6H3. The van der Waals surface area contributed by atoms with Crippen LogP contribution in [0.25, 0.3) is 5.69 Å². The minimum Gasteiger partial charge on any atom is -0.306 e. The fourth-order valence-electron chi connectivity index (χ4n) is 2.26. The molecule has 3 heteroatoms. The third kappa shape index (κ3) is 3.48. The lowest BCUT2D eigenvalue weighted by Gasteiger charge is -2.21. The highest BCUT2D eigenvalue weighted by molar-refractivity contribution is 5.42. The van der Waals surface area contributed by atoms with Crippen LogP contribution in [0.5, 0.6) is 0 Å². The van der Waals surface area contributed by atoms with E-state index < -0.39 is 0 Å². The van der Waals surface area contributed by atoms with Gasteiger partial charge in [-0.3, -0.25) is 0 Å². The first-order chi connectivity index (χ1) is 9.25. The minimum atomic E-state index is 0.161. The van der Waals surface area contributed by atoms with Gasteiger partial charge in [0.15, 0.2) is 0 Å². The average molecular weight is 271 g/mol. The predicted octanol–water partition coefficient (Wildman–Crippen LogP) is 3.54. The lowest BCUT2D eigenvalue weighted by Crippen LogP contribution is -2.12. The Labute approximate surface area is 122 Å². The first-order valence-electron chi connectivity index (χ1n) is 7.06. The van der Waals surface area contributed by atoms with Crippen LogP contribution in [-0.2, 0) is 12.0 Å². The molecule has 0 saturated heterocycles. The number of imidazole rings is 1. The van der Waals surface area contributed by atoms with Crippen molar-refractivity contribution in [2.45, 2.75) is 39.7 Å². The maximum Gasteiger partial charge on any atom is 0.0995 e. The highest BCUT2D eigenvalue weighted by Gasteiger charge is 2.15. The van der Waals surface area contributed by atoms with Gasteiger partial charge < -0.3 is 9.47 Å². The second-order valence-corrected chi connectivity index (χ2v) is 6.82. The molecule has 0 aliphatic rings. The first-order valence-corrected chi connectivity index (χ1v) is 7.06. The zero-order chi connectivity index (χ0) is 14.9. The van der Waals surface area contributed by atoms with Gasteiger partial charge in [0.2, 0.25) is 0 Å². The van der Waals surface area contributed by atoms with Gasteiger partial charge >= 0.3 is 0 Å². The van der Waals surface area contributed by atoms with Gasteiger partial charge in [-0.2, -0.15) is 0 Å². The van der Waals surface area contributed by atoms with E-state index in [2.05, 4.69) is 80.6 Å². The third-order valence-corrected chi connectivity index (χ3v) is 3.34. The summed E-state index contributed by atoms with van der Waals surface area (Å²) in [6.45, 7) is 9.76. The highest BCUT2D eigenvalue weighted by atomic mass is 15.1. The predicted molar refractivity (Wildman–Crippen MR) is 84.4 cm³/mol. The zero-order valence-electron chi connectivity index (χ0n) is 13.4. The summed E-state index contributed by atoms with van der Waals surface area (Å²) in [5, 5.41) is 0. The van der Waals surface area contributed by atoms with Crippen molar-refractivity contribution in [3.63, 3.8) is 0 Å². The van der Waals surface area contributed by atoms with E-state index in [9.17, 15) is 0 Å². The molecule has 0 aliphatic carbocycles. The molecule has 108 valence electrons. The molecule has 0 atom stereocenters. The summed E-state index contributed by atoms with van der Waals surface area (Å²) in [6, 6.07) is 6.73. The number of nitrogens with zero attached hydrogens (tertiary/aromatic N) is 3. The third-order valence-electron chi connectivity index (χ3n) is 3.34. The number of rotatable bonds is 3. The summed E-state index contributed by atoms with van der Waals surface area (Å²) in [5.41, 5.74) is 5.08. The van der Waals surface area contributed by atoms with Crippen molar-refractivity contribution in [1.82, 2.24) is 14.5 Å². The Bertz CT molecular complexity index is 589. The van der Waals surface area contributed by atoms with E-state index >= 15 is 0 Å². The summed E-state index contributed by atoms with van der Waals surface area (Å²) in [7, 11) is 4.12. The molecular weight excluding hydrogens is 246 g/mol.